The third kappa shape index (κ3) is 11.0. The van der Waals surface area contributed by atoms with Crippen LogP contribution < -0.4 is 24.8 Å². The zero-order chi connectivity index (χ0) is 34.9. The van der Waals surface area contributed by atoms with Gasteiger partial charge in [0.05, 0.1) is 26.9 Å². The lowest BCUT2D eigenvalue weighted by Gasteiger charge is -2.25. The molecule has 3 amide bonds. The van der Waals surface area contributed by atoms with Crippen molar-refractivity contribution in [1.29, 1.82) is 0 Å². The number of amides is 3. The van der Waals surface area contributed by atoms with Gasteiger partial charge in [-0.2, -0.15) is 0 Å². The predicted molar refractivity (Wildman–Crippen MR) is 182 cm³/mol. The number of hydrogen-bond acceptors (Lipinski definition) is 8. The molecule has 0 bridgehead atoms. The van der Waals surface area contributed by atoms with Gasteiger partial charge in [-0.05, 0) is 41.8 Å². The minimum atomic E-state index is -1.15. The second kappa shape index (κ2) is 19.2. The molecule has 0 heterocycles. The summed E-state index contributed by atoms with van der Waals surface area (Å²) < 4.78 is 21.1. The molecule has 0 saturated heterocycles. The maximum Gasteiger partial charge on any atom is 0.328 e. The minimum Gasteiger partial charge on any atom is -0.497 e. The maximum absolute atomic E-state index is 13.8. The van der Waals surface area contributed by atoms with Crippen LogP contribution in [0.15, 0.2) is 98.1 Å². The van der Waals surface area contributed by atoms with Crippen molar-refractivity contribution in [2.45, 2.75) is 37.9 Å². The Morgan fingerprint density at radius 1 is 0.812 bits per heavy atom. The number of carbonyl (C=O) groups excluding carboxylic acids is 4. The zero-order valence-electron chi connectivity index (χ0n) is 27.6. The van der Waals surface area contributed by atoms with Crippen molar-refractivity contribution < 1.29 is 38.1 Å². The molecule has 0 spiro atoms. The molecule has 0 aliphatic carbocycles. The summed E-state index contributed by atoms with van der Waals surface area (Å²) in [6, 6.07) is 18.9. The smallest absolute Gasteiger partial charge is 0.328 e. The molecular weight excluding hydrogens is 614 g/mol. The molecular formula is C37H43N3O8. The van der Waals surface area contributed by atoms with Crippen molar-refractivity contribution in [3.05, 3.63) is 115 Å². The molecule has 0 radical (unpaired) electrons. The van der Waals surface area contributed by atoms with Gasteiger partial charge in [0.25, 0.3) is 5.91 Å². The van der Waals surface area contributed by atoms with Crippen molar-refractivity contribution in [3.8, 4) is 17.2 Å². The lowest BCUT2D eigenvalue weighted by atomic mass is 10.0. The highest BCUT2D eigenvalue weighted by Crippen LogP contribution is 2.25. The van der Waals surface area contributed by atoms with Crippen LogP contribution in [0.2, 0.25) is 0 Å². The first-order chi connectivity index (χ1) is 23.2. The van der Waals surface area contributed by atoms with E-state index in [1.54, 1.807) is 36.3 Å². The van der Waals surface area contributed by atoms with E-state index < -0.39 is 29.9 Å². The molecule has 0 fully saturated rings. The number of rotatable bonds is 19. The van der Waals surface area contributed by atoms with E-state index >= 15 is 0 Å². The summed E-state index contributed by atoms with van der Waals surface area (Å²) in [6.45, 7) is 8.16. The molecule has 0 aliphatic heterocycles. The number of hydrogen-bond donors (Lipinski definition) is 2. The number of nitrogens with zero attached hydrogens (tertiary/aromatic N) is 1. The van der Waals surface area contributed by atoms with Gasteiger partial charge in [-0.15, -0.1) is 6.58 Å². The van der Waals surface area contributed by atoms with Crippen LogP contribution in [-0.2, 0) is 32.1 Å². The van der Waals surface area contributed by atoms with E-state index in [0.29, 0.717) is 18.0 Å². The number of ether oxygens (including phenoxy) is 4. The molecule has 0 aromatic heterocycles. The van der Waals surface area contributed by atoms with Crippen molar-refractivity contribution in [2.24, 2.45) is 0 Å². The van der Waals surface area contributed by atoms with Crippen LogP contribution in [0.25, 0.3) is 0 Å². The molecule has 0 unspecified atom stereocenters. The Morgan fingerprint density at radius 2 is 1.50 bits per heavy atom. The molecule has 3 aromatic carbocycles. The zero-order valence-corrected chi connectivity index (χ0v) is 27.6. The topological polar surface area (TPSA) is 132 Å². The van der Waals surface area contributed by atoms with Crippen LogP contribution in [0.1, 0.15) is 34.3 Å². The summed E-state index contributed by atoms with van der Waals surface area (Å²) >= 11 is 0. The molecule has 2 N–H and O–H groups in total. The highest BCUT2D eigenvalue weighted by Gasteiger charge is 2.29. The Kier molecular flexibility index (Phi) is 14.7. The number of nitrogens with one attached hydrogen (secondary N) is 2. The van der Waals surface area contributed by atoms with Gasteiger partial charge in [0.15, 0.2) is 0 Å². The summed E-state index contributed by atoms with van der Waals surface area (Å²) in [7, 11) is 4.28. The first-order valence-corrected chi connectivity index (χ1v) is 15.4. The Labute approximate surface area is 281 Å². The normalized spacial score (nSPS) is 11.6. The van der Waals surface area contributed by atoms with E-state index in [0.717, 1.165) is 11.1 Å². The summed E-state index contributed by atoms with van der Waals surface area (Å²) in [5.41, 5.74) is 1.84. The third-order valence-electron chi connectivity index (χ3n) is 7.38. The molecule has 254 valence electrons. The second-order valence-corrected chi connectivity index (χ2v) is 10.7. The Bertz CT molecular complexity index is 1540. The van der Waals surface area contributed by atoms with Gasteiger partial charge in [-0.25, -0.2) is 4.79 Å². The Balaban J connectivity index is 1.78. The molecule has 0 aliphatic rings. The molecule has 2 atom stereocenters. The maximum atomic E-state index is 13.8. The van der Waals surface area contributed by atoms with E-state index in [9.17, 15) is 19.2 Å². The monoisotopic (exact) mass is 657 g/mol. The predicted octanol–water partition coefficient (Wildman–Crippen LogP) is 4.26. The molecule has 3 rings (SSSR count). The van der Waals surface area contributed by atoms with Crippen LogP contribution >= 0.6 is 0 Å². The molecule has 48 heavy (non-hydrogen) atoms. The van der Waals surface area contributed by atoms with Crippen LogP contribution in [-0.4, -0.2) is 75.2 Å². The highest BCUT2D eigenvalue weighted by atomic mass is 16.5. The fourth-order valence-electron chi connectivity index (χ4n) is 4.83. The number of benzene rings is 3. The highest BCUT2D eigenvalue weighted by molar-refractivity contribution is 6.00. The van der Waals surface area contributed by atoms with E-state index in [2.05, 4.69) is 23.8 Å². The fourth-order valence-corrected chi connectivity index (χ4v) is 4.83. The van der Waals surface area contributed by atoms with Crippen LogP contribution in [0, 0.1) is 0 Å². The first kappa shape index (κ1) is 36.9. The average molecular weight is 658 g/mol. The van der Waals surface area contributed by atoms with E-state index in [4.69, 9.17) is 18.9 Å². The van der Waals surface area contributed by atoms with Gasteiger partial charge < -0.3 is 34.5 Å². The van der Waals surface area contributed by atoms with Gasteiger partial charge in [-0.3, -0.25) is 14.4 Å². The number of methoxy groups -OCH3 is 3. The van der Waals surface area contributed by atoms with E-state index in [1.807, 2.05) is 54.6 Å². The summed E-state index contributed by atoms with van der Waals surface area (Å²) in [5.74, 6) is -0.736. The van der Waals surface area contributed by atoms with Gasteiger partial charge in [0.1, 0.15) is 35.9 Å². The summed E-state index contributed by atoms with van der Waals surface area (Å²) in [6.07, 6.45) is 3.20. The number of carbonyl (C=O) groups is 4. The SMILES string of the molecule is C=CCOc1cc(OC)ccc1C(=O)N[C@H](Cc1ccccc1)C(=O)N[C@@H](CCC(=O)N(CC=C)Cc1ccc(OC)cc1)C(=O)OC. The first-order valence-electron chi connectivity index (χ1n) is 15.4. The van der Waals surface area contributed by atoms with Gasteiger partial charge in [0.2, 0.25) is 11.8 Å². The Morgan fingerprint density at radius 3 is 2.12 bits per heavy atom. The van der Waals surface area contributed by atoms with Crippen molar-refractivity contribution in [2.75, 3.05) is 34.5 Å². The second-order valence-electron chi connectivity index (χ2n) is 10.7. The van der Waals surface area contributed by atoms with Crippen molar-refractivity contribution >= 4 is 23.7 Å². The van der Waals surface area contributed by atoms with Crippen LogP contribution in [0.3, 0.4) is 0 Å². The summed E-state index contributed by atoms with van der Waals surface area (Å²) in [4.78, 5) is 55.0. The number of esters is 1. The quantitative estimate of drug-likeness (QED) is 0.144. The van der Waals surface area contributed by atoms with Gasteiger partial charge in [0, 0.05) is 32.0 Å². The lowest BCUT2D eigenvalue weighted by Crippen LogP contribution is -2.53. The molecule has 0 saturated carbocycles. The standard InChI is InChI=1S/C37H43N3O8/c1-6-21-40(25-27-13-15-28(45-3)16-14-27)34(41)20-19-31(37(44)47-5)38-36(43)32(23-26-11-9-8-10-12-26)39-35(42)30-18-17-29(46-4)24-33(30)48-22-7-2/h6-18,24,31-32H,1-2,19-23,25H2,3-5H3,(H,38,43)(H,39,42)/t31-,32+/m0/s1. The van der Waals surface area contributed by atoms with Crippen molar-refractivity contribution in [3.63, 3.8) is 0 Å². The van der Waals surface area contributed by atoms with E-state index in [-0.39, 0.29) is 49.6 Å². The van der Waals surface area contributed by atoms with E-state index in [1.165, 1.54) is 20.3 Å². The lowest BCUT2D eigenvalue weighted by molar-refractivity contribution is -0.145. The average Bonchev–Trinajstić information content (AvgIpc) is 3.11. The fraction of sp³-hybridized carbons (Fsp3) is 0.297. The van der Waals surface area contributed by atoms with Crippen LogP contribution in [0.5, 0.6) is 17.2 Å². The van der Waals surface area contributed by atoms with Gasteiger partial charge >= 0.3 is 5.97 Å². The largest absolute Gasteiger partial charge is 0.497 e. The minimum absolute atomic E-state index is 0.0302. The van der Waals surface area contributed by atoms with Crippen LogP contribution in [0.4, 0.5) is 0 Å². The third-order valence-corrected chi connectivity index (χ3v) is 7.38. The summed E-state index contributed by atoms with van der Waals surface area (Å²) in [5, 5.41) is 5.49. The molecule has 11 nitrogen and oxygen atoms in total. The Hall–Kier alpha value is -5.58. The van der Waals surface area contributed by atoms with Crippen molar-refractivity contribution in [1.82, 2.24) is 15.5 Å². The molecule has 3 aromatic rings. The van der Waals surface area contributed by atoms with Gasteiger partial charge in [-0.1, -0.05) is 61.2 Å². The molecule has 11 heteroatoms.